The molecule has 1 saturated heterocycles. The molecule has 1 aromatic carbocycles. The fourth-order valence-electron chi connectivity index (χ4n) is 2.65. The van der Waals surface area contributed by atoms with E-state index in [0.29, 0.717) is 18.9 Å². The summed E-state index contributed by atoms with van der Waals surface area (Å²) in [4.78, 5) is 14.2. The summed E-state index contributed by atoms with van der Waals surface area (Å²) in [5.74, 6) is 1.55. The fourth-order valence-corrected chi connectivity index (χ4v) is 2.65. The Morgan fingerprint density at radius 2 is 2.26 bits per heavy atom. The molecule has 0 saturated carbocycles. The maximum Gasteiger partial charge on any atom is 0.227 e. The number of carbonyl (C=O) groups excluding carboxylic acids is 1. The molecule has 0 aromatic heterocycles. The summed E-state index contributed by atoms with van der Waals surface area (Å²) >= 11 is 0. The van der Waals surface area contributed by atoms with Crippen molar-refractivity contribution in [2.24, 2.45) is 11.7 Å². The van der Waals surface area contributed by atoms with Crippen LogP contribution in [0.1, 0.15) is 18.4 Å². The zero-order chi connectivity index (χ0) is 13.7. The maximum absolute atomic E-state index is 12.3. The van der Waals surface area contributed by atoms with Crippen LogP contribution in [0.15, 0.2) is 24.3 Å². The molecule has 0 spiro atoms. The minimum absolute atomic E-state index is 0.184. The Balaban J connectivity index is 1.94. The van der Waals surface area contributed by atoms with E-state index in [2.05, 4.69) is 0 Å². The second-order valence-corrected chi connectivity index (χ2v) is 5.06. The van der Waals surface area contributed by atoms with Crippen LogP contribution in [0.2, 0.25) is 0 Å². The average Bonchev–Trinajstić information content (AvgIpc) is 2.88. The Kier molecular flexibility index (Phi) is 4.80. The number of methoxy groups -OCH3 is 1. The van der Waals surface area contributed by atoms with Gasteiger partial charge in [-0.1, -0.05) is 18.2 Å². The summed E-state index contributed by atoms with van der Waals surface area (Å²) in [6, 6.07) is 7.69. The van der Waals surface area contributed by atoms with Crippen LogP contribution in [0, 0.1) is 5.92 Å². The molecule has 4 nitrogen and oxygen atoms in total. The van der Waals surface area contributed by atoms with Gasteiger partial charge in [-0.25, -0.2) is 0 Å². The lowest BCUT2D eigenvalue weighted by atomic mass is 10.1. The summed E-state index contributed by atoms with van der Waals surface area (Å²) in [5.41, 5.74) is 6.53. The number of nitrogens with zero attached hydrogens (tertiary/aromatic N) is 1. The number of rotatable bonds is 5. The number of para-hydroxylation sites is 1. The molecule has 1 aliphatic rings. The third-order valence-electron chi connectivity index (χ3n) is 3.75. The van der Waals surface area contributed by atoms with Crippen molar-refractivity contribution in [1.82, 2.24) is 4.90 Å². The first kappa shape index (κ1) is 13.9. The molecule has 1 atom stereocenters. The molecular formula is C15H22N2O2. The number of ether oxygens (including phenoxy) is 1. The maximum atomic E-state index is 12.3. The molecule has 2 rings (SSSR count). The number of nitrogens with two attached hydrogens (primary N) is 1. The van der Waals surface area contributed by atoms with E-state index in [4.69, 9.17) is 10.5 Å². The van der Waals surface area contributed by atoms with Crippen molar-refractivity contribution >= 4 is 5.91 Å². The first-order valence-corrected chi connectivity index (χ1v) is 6.84. The number of hydrogen-bond donors (Lipinski definition) is 1. The zero-order valence-corrected chi connectivity index (χ0v) is 11.5. The summed E-state index contributed by atoms with van der Waals surface area (Å²) in [6.45, 7) is 2.42. The van der Waals surface area contributed by atoms with Gasteiger partial charge in [-0.15, -0.1) is 0 Å². The van der Waals surface area contributed by atoms with Crippen LogP contribution < -0.4 is 10.5 Å². The lowest BCUT2D eigenvalue weighted by Crippen LogP contribution is -2.30. The molecule has 1 fully saturated rings. The van der Waals surface area contributed by atoms with E-state index in [-0.39, 0.29) is 5.91 Å². The third kappa shape index (κ3) is 3.47. The van der Waals surface area contributed by atoms with Crippen LogP contribution in [0.4, 0.5) is 0 Å². The van der Waals surface area contributed by atoms with Crippen LogP contribution in [-0.4, -0.2) is 37.6 Å². The molecule has 1 aromatic rings. The lowest BCUT2D eigenvalue weighted by Gasteiger charge is -2.17. The summed E-state index contributed by atoms with van der Waals surface area (Å²) in [7, 11) is 1.64. The Bertz CT molecular complexity index is 434. The molecule has 1 aliphatic heterocycles. The van der Waals surface area contributed by atoms with Gasteiger partial charge >= 0.3 is 0 Å². The van der Waals surface area contributed by atoms with Gasteiger partial charge in [0, 0.05) is 18.7 Å². The lowest BCUT2D eigenvalue weighted by molar-refractivity contribution is -0.129. The topological polar surface area (TPSA) is 55.6 Å². The molecular weight excluding hydrogens is 240 g/mol. The van der Waals surface area contributed by atoms with E-state index in [1.165, 1.54) is 0 Å². The zero-order valence-electron chi connectivity index (χ0n) is 11.5. The standard InChI is InChI=1S/C15H22N2O2/c1-19-14-5-3-2-4-13(14)10-15(18)17-9-7-12(11-17)6-8-16/h2-5,12H,6-11,16H2,1H3. The highest BCUT2D eigenvalue weighted by Gasteiger charge is 2.25. The van der Waals surface area contributed by atoms with E-state index in [9.17, 15) is 4.79 Å². The Morgan fingerprint density at radius 3 is 3.00 bits per heavy atom. The highest BCUT2D eigenvalue weighted by atomic mass is 16.5. The van der Waals surface area contributed by atoms with Crippen molar-refractivity contribution < 1.29 is 9.53 Å². The van der Waals surface area contributed by atoms with Gasteiger partial charge < -0.3 is 15.4 Å². The van der Waals surface area contributed by atoms with E-state index in [0.717, 1.165) is 37.2 Å². The molecule has 0 aliphatic carbocycles. The van der Waals surface area contributed by atoms with Crippen LogP contribution in [-0.2, 0) is 11.2 Å². The summed E-state index contributed by atoms with van der Waals surface area (Å²) in [6.07, 6.45) is 2.51. The third-order valence-corrected chi connectivity index (χ3v) is 3.75. The largest absolute Gasteiger partial charge is 0.496 e. The Hall–Kier alpha value is -1.55. The molecule has 1 amide bonds. The van der Waals surface area contributed by atoms with Crippen LogP contribution in [0.3, 0.4) is 0 Å². The highest BCUT2D eigenvalue weighted by Crippen LogP contribution is 2.22. The Labute approximate surface area is 114 Å². The molecule has 1 heterocycles. The normalized spacial score (nSPS) is 18.6. The first-order chi connectivity index (χ1) is 9.24. The number of amides is 1. The minimum Gasteiger partial charge on any atom is -0.496 e. The summed E-state index contributed by atoms with van der Waals surface area (Å²) in [5, 5.41) is 0. The van der Waals surface area contributed by atoms with Gasteiger partial charge in [0.25, 0.3) is 0 Å². The van der Waals surface area contributed by atoms with E-state index < -0.39 is 0 Å². The minimum atomic E-state index is 0.184. The quantitative estimate of drug-likeness (QED) is 0.873. The summed E-state index contributed by atoms with van der Waals surface area (Å²) < 4.78 is 5.28. The van der Waals surface area contributed by atoms with Gasteiger partial charge in [0.1, 0.15) is 5.75 Å². The van der Waals surface area contributed by atoms with Gasteiger partial charge in [0.2, 0.25) is 5.91 Å². The second kappa shape index (κ2) is 6.57. The van der Waals surface area contributed by atoms with Gasteiger partial charge in [-0.05, 0) is 31.4 Å². The van der Waals surface area contributed by atoms with Crippen molar-refractivity contribution in [2.45, 2.75) is 19.3 Å². The predicted molar refractivity (Wildman–Crippen MR) is 75.1 cm³/mol. The van der Waals surface area contributed by atoms with Crippen LogP contribution in [0.5, 0.6) is 5.75 Å². The van der Waals surface area contributed by atoms with Gasteiger partial charge in [0.05, 0.1) is 13.5 Å². The highest BCUT2D eigenvalue weighted by molar-refractivity contribution is 5.79. The molecule has 4 heteroatoms. The first-order valence-electron chi connectivity index (χ1n) is 6.84. The number of likely N-dealkylation sites (tertiary alicyclic amines) is 1. The molecule has 19 heavy (non-hydrogen) atoms. The van der Waals surface area contributed by atoms with E-state index in [1.54, 1.807) is 7.11 Å². The van der Waals surface area contributed by atoms with E-state index >= 15 is 0 Å². The molecule has 2 N–H and O–H groups in total. The van der Waals surface area contributed by atoms with Crippen LogP contribution in [0.25, 0.3) is 0 Å². The molecule has 0 radical (unpaired) electrons. The van der Waals surface area contributed by atoms with Gasteiger partial charge in [-0.2, -0.15) is 0 Å². The number of benzene rings is 1. The number of carbonyl (C=O) groups is 1. The van der Waals surface area contributed by atoms with Gasteiger partial charge in [-0.3, -0.25) is 4.79 Å². The van der Waals surface area contributed by atoms with Crippen molar-refractivity contribution in [3.05, 3.63) is 29.8 Å². The second-order valence-electron chi connectivity index (χ2n) is 5.06. The van der Waals surface area contributed by atoms with Crippen molar-refractivity contribution in [1.29, 1.82) is 0 Å². The molecule has 1 unspecified atom stereocenters. The Morgan fingerprint density at radius 1 is 1.47 bits per heavy atom. The van der Waals surface area contributed by atoms with Crippen molar-refractivity contribution in [3.8, 4) is 5.75 Å². The fraction of sp³-hybridized carbons (Fsp3) is 0.533. The molecule has 0 bridgehead atoms. The van der Waals surface area contributed by atoms with Crippen LogP contribution >= 0.6 is 0 Å². The van der Waals surface area contributed by atoms with E-state index in [1.807, 2.05) is 29.2 Å². The number of hydrogen-bond acceptors (Lipinski definition) is 3. The van der Waals surface area contributed by atoms with Gasteiger partial charge in [0.15, 0.2) is 0 Å². The molecule has 104 valence electrons. The SMILES string of the molecule is COc1ccccc1CC(=O)N1CCC(CCN)C1. The average molecular weight is 262 g/mol. The van der Waals surface area contributed by atoms with Crippen molar-refractivity contribution in [3.63, 3.8) is 0 Å². The smallest absolute Gasteiger partial charge is 0.227 e. The predicted octanol–water partition coefficient (Wildman–Crippen LogP) is 1.44. The van der Waals surface area contributed by atoms with Crippen molar-refractivity contribution in [2.75, 3.05) is 26.7 Å². The monoisotopic (exact) mass is 262 g/mol.